The minimum atomic E-state index is -4.45. The summed E-state index contributed by atoms with van der Waals surface area (Å²) in [5, 5.41) is 3.84. The van der Waals surface area contributed by atoms with Gasteiger partial charge in [-0.2, -0.15) is 18.2 Å². The highest BCUT2D eigenvalue weighted by Crippen LogP contribution is 2.31. The van der Waals surface area contributed by atoms with Crippen LogP contribution in [-0.2, 0) is 12.7 Å². The molecule has 0 radical (unpaired) electrons. The van der Waals surface area contributed by atoms with E-state index >= 15 is 0 Å². The first-order chi connectivity index (χ1) is 16.9. The van der Waals surface area contributed by atoms with Crippen LogP contribution in [0.3, 0.4) is 0 Å². The summed E-state index contributed by atoms with van der Waals surface area (Å²) >= 11 is 0. The lowest BCUT2D eigenvalue weighted by Crippen LogP contribution is -2.48. The number of alkyl halides is 3. The molecule has 2 aromatic carbocycles. The fraction of sp³-hybridized carbons (Fsp3) is 0.250. The summed E-state index contributed by atoms with van der Waals surface area (Å²) in [7, 11) is 0. The number of amides is 1. The Labute approximate surface area is 198 Å². The Morgan fingerprint density at radius 3 is 2.51 bits per heavy atom. The molecule has 3 heterocycles. The fourth-order valence-electron chi connectivity index (χ4n) is 3.98. The Kier molecular flexibility index (Phi) is 6.08. The molecule has 4 aromatic rings. The Hall–Kier alpha value is -3.99. The topological polar surface area (TPSA) is 80.3 Å². The summed E-state index contributed by atoms with van der Waals surface area (Å²) < 4.78 is 46.0. The van der Waals surface area contributed by atoms with Crippen molar-refractivity contribution in [2.45, 2.75) is 12.7 Å². The number of benzene rings is 2. The van der Waals surface area contributed by atoms with Gasteiger partial charge in [-0.15, -0.1) is 0 Å². The molecule has 5 rings (SSSR count). The lowest BCUT2D eigenvalue weighted by molar-refractivity contribution is -0.137. The van der Waals surface area contributed by atoms with Crippen molar-refractivity contribution >= 4 is 5.91 Å². The van der Waals surface area contributed by atoms with Crippen LogP contribution in [0, 0.1) is 0 Å². The van der Waals surface area contributed by atoms with Crippen molar-refractivity contribution in [2.75, 3.05) is 26.2 Å². The number of aromatic nitrogens is 4. The van der Waals surface area contributed by atoms with Crippen molar-refractivity contribution in [3.63, 3.8) is 0 Å². The molecule has 180 valence electrons. The first kappa shape index (κ1) is 22.8. The average molecular weight is 482 g/mol. The Balaban J connectivity index is 1.20. The predicted octanol–water partition coefficient (Wildman–Crippen LogP) is 3.90. The van der Waals surface area contributed by atoms with E-state index < -0.39 is 11.7 Å². The Morgan fingerprint density at radius 2 is 1.77 bits per heavy atom. The average Bonchev–Trinajstić information content (AvgIpc) is 3.54. The van der Waals surface area contributed by atoms with Crippen molar-refractivity contribution in [3.05, 3.63) is 84.3 Å². The van der Waals surface area contributed by atoms with Crippen molar-refractivity contribution in [3.8, 4) is 17.1 Å². The second-order valence-electron chi connectivity index (χ2n) is 8.14. The van der Waals surface area contributed by atoms with Gasteiger partial charge in [0, 0.05) is 37.4 Å². The zero-order valence-electron chi connectivity index (χ0n) is 18.5. The van der Waals surface area contributed by atoms with Gasteiger partial charge in [0.2, 0.25) is 11.7 Å². The molecule has 0 saturated carbocycles. The van der Waals surface area contributed by atoms with Gasteiger partial charge in [-0.1, -0.05) is 35.5 Å². The van der Waals surface area contributed by atoms with E-state index in [4.69, 9.17) is 4.52 Å². The lowest BCUT2D eigenvalue weighted by atomic mass is 10.1. The van der Waals surface area contributed by atoms with Gasteiger partial charge in [0.05, 0.1) is 24.6 Å². The molecular weight excluding hydrogens is 461 g/mol. The van der Waals surface area contributed by atoms with E-state index in [1.54, 1.807) is 22.0 Å². The number of imidazole rings is 1. The molecule has 1 fully saturated rings. The predicted molar refractivity (Wildman–Crippen MR) is 119 cm³/mol. The molecule has 0 unspecified atom stereocenters. The van der Waals surface area contributed by atoms with Crippen LogP contribution in [0.1, 0.15) is 21.9 Å². The first-order valence-electron chi connectivity index (χ1n) is 11.0. The van der Waals surface area contributed by atoms with E-state index in [-0.39, 0.29) is 17.3 Å². The molecule has 0 N–H and O–H groups in total. The van der Waals surface area contributed by atoms with E-state index in [9.17, 15) is 18.0 Å². The van der Waals surface area contributed by atoms with Crippen molar-refractivity contribution in [1.82, 2.24) is 29.5 Å². The molecule has 0 spiro atoms. The van der Waals surface area contributed by atoms with Crippen LogP contribution >= 0.6 is 0 Å². The largest absolute Gasteiger partial charge is 0.416 e. The summed E-state index contributed by atoms with van der Waals surface area (Å²) in [5.74, 6) is 0.309. The number of carbonyl (C=O) groups excluding carboxylic acids is 1. The van der Waals surface area contributed by atoms with E-state index in [0.29, 0.717) is 44.3 Å². The molecule has 0 aliphatic carbocycles. The van der Waals surface area contributed by atoms with Gasteiger partial charge in [0.25, 0.3) is 5.91 Å². The van der Waals surface area contributed by atoms with Gasteiger partial charge in [0.15, 0.2) is 0 Å². The Morgan fingerprint density at radius 1 is 1.00 bits per heavy atom. The highest BCUT2D eigenvalue weighted by atomic mass is 19.4. The Bertz CT molecular complexity index is 1310. The molecule has 11 heteroatoms. The van der Waals surface area contributed by atoms with Crippen LogP contribution in [0.5, 0.6) is 0 Å². The third-order valence-electron chi connectivity index (χ3n) is 5.83. The number of nitrogens with zero attached hydrogens (tertiary/aromatic N) is 6. The second kappa shape index (κ2) is 9.34. The minimum absolute atomic E-state index is 0.101. The zero-order valence-corrected chi connectivity index (χ0v) is 18.5. The summed E-state index contributed by atoms with van der Waals surface area (Å²) in [5.41, 5.74) is 0.822. The quantitative estimate of drug-likeness (QED) is 0.429. The maximum atomic E-state index is 13.1. The van der Waals surface area contributed by atoms with Crippen LogP contribution in [0.15, 0.2) is 71.6 Å². The highest BCUT2D eigenvalue weighted by molar-refractivity contribution is 5.93. The molecule has 8 nitrogen and oxygen atoms in total. The molecule has 0 bridgehead atoms. The van der Waals surface area contributed by atoms with Gasteiger partial charge < -0.3 is 9.42 Å². The van der Waals surface area contributed by atoms with Gasteiger partial charge in [0.1, 0.15) is 5.69 Å². The number of carbonyl (C=O) groups is 1. The van der Waals surface area contributed by atoms with Gasteiger partial charge in [-0.05, 0) is 24.3 Å². The number of halogens is 3. The normalized spacial score (nSPS) is 14.9. The monoisotopic (exact) mass is 482 g/mol. The van der Waals surface area contributed by atoms with Crippen molar-refractivity contribution < 1.29 is 22.5 Å². The third kappa shape index (κ3) is 4.94. The van der Waals surface area contributed by atoms with E-state index in [0.717, 1.165) is 17.8 Å². The molecule has 1 amide bonds. The molecule has 1 saturated heterocycles. The summed E-state index contributed by atoms with van der Waals surface area (Å²) in [4.78, 5) is 25.3. The van der Waals surface area contributed by atoms with E-state index in [2.05, 4.69) is 20.0 Å². The highest BCUT2D eigenvalue weighted by Gasteiger charge is 2.31. The first-order valence-corrected chi connectivity index (χ1v) is 11.0. The summed E-state index contributed by atoms with van der Waals surface area (Å²) in [6.07, 6.45) is -1.26. The molecule has 0 atom stereocenters. The van der Waals surface area contributed by atoms with Crippen LogP contribution in [-0.4, -0.2) is 61.6 Å². The number of hydrogen-bond donors (Lipinski definition) is 0. The van der Waals surface area contributed by atoms with Crippen LogP contribution < -0.4 is 0 Å². The molecule has 1 aliphatic heterocycles. The van der Waals surface area contributed by atoms with E-state index in [1.807, 2.05) is 30.3 Å². The molecule has 1 aliphatic rings. The van der Waals surface area contributed by atoms with Gasteiger partial charge in [-0.25, -0.2) is 4.98 Å². The SMILES string of the molecule is O=C(c1cncn1-c1ccccc1)N1CCN(Cc2nc(-c3cccc(C(F)(F)F)c3)no2)CC1. The van der Waals surface area contributed by atoms with Crippen molar-refractivity contribution in [2.24, 2.45) is 0 Å². The number of para-hydroxylation sites is 1. The number of rotatable bonds is 5. The smallest absolute Gasteiger partial charge is 0.338 e. The lowest BCUT2D eigenvalue weighted by Gasteiger charge is -2.34. The van der Waals surface area contributed by atoms with Crippen molar-refractivity contribution in [1.29, 1.82) is 0 Å². The standard InChI is InChI=1S/C24H21F3N6O2/c25-24(26,27)18-6-4-5-17(13-18)22-29-21(35-30-22)15-31-9-11-32(12-10-31)23(34)20-14-28-16-33(20)19-7-2-1-3-8-19/h1-8,13-14,16H,9-12,15H2. The number of piperazine rings is 1. The van der Waals surface area contributed by atoms with Crippen LogP contribution in [0.4, 0.5) is 13.2 Å². The van der Waals surface area contributed by atoms with Gasteiger partial charge >= 0.3 is 6.18 Å². The summed E-state index contributed by atoms with van der Waals surface area (Å²) in [6, 6.07) is 14.4. The molecule has 35 heavy (non-hydrogen) atoms. The maximum Gasteiger partial charge on any atom is 0.416 e. The summed E-state index contributed by atoms with van der Waals surface area (Å²) in [6.45, 7) is 2.54. The second-order valence-corrected chi connectivity index (χ2v) is 8.14. The number of hydrogen-bond acceptors (Lipinski definition) is 6. The van der Waals surface area contributed by atoms with Crippen LogP contribution in [0.25, 0.3) is 17.1 Å². The maximum absolute atomic E-state index is 13.1. The zero-order chi connectivity index (χ0) is 24.4. The molecule has 2 aromatic heterocycles. The minimum Gasteiger partial charge on any atom is -0.338 e. The van der Waals surface area contributed by atoms with Gasteiger partial charge in [-0.3, -0.25) is 14.3 Å². The van der Waals surface area contributed by atoms with Crippen LogP contribution in [0.2, 0.25) is 0 Å². The van der Waals surface area contributed by atoms with E-state index in [1.165, 1.54) is 12.1 Å². The fourth-order valence-corrected chi connectivity index (χ4v) is 3.98. The molecular formula is C24H21F3N6O2. The third-order valence-corrected chi connectivity index (χ3v) is 5.83.